The smallest absolute Gasteiger partial charge is 0.357 e. The Kier molecular flexibility index (Phi) is 4.78. The first-order chi connectivity index (χ1) is 8.40. The van der Waals surface area contributed by atoms with Gasteiger partial charge in [0, 0.05) is 7.11 Å². The second kappa shape index (κ2) is 5.91. The highest BCUT2D eigenvalue weighted by Gasteiger charge is 2.28. The van der Waals surface area contributed by atoms with Crippen LogP contribution in [0.5, 0.6) is 0 Å². The van der Waals surface area contributed by atoms with E-state index >= 15 is 0 Å². The molecule has 0 unspecified atom stereocenters. The van der Waals surface area contributed by atoms with Crippen LogP contribution < -0.4 is 4.89 Å². The predicted molar refractivity (Wildman–Crippen MR) is 58.4 cm³/mol. The van der Waals surface area contributed by atoms with Gasteiger partial charge in [0.25, 0.3) is 10.0 Å². The number of H-pyrrole nitrogens is 1. The first-order valence-electron chi connectivity index (χ1n) is 4.81. The van der Waals surface area contributed by atoms with E-state index in [1.807, 2.05) is 0 Å². The Morgan fingerprint density at radius 3 is 2.72 bits per heavy atom. The number of rotatable bonds is 7. The van der Waals surface area contributed by atoms with Crippen molar-refractivity contribution in [3.63, 3.8) is 0 Å². The van der Waals surface area contributed by atoms with Crippen molar-refractivity contribution in [3.05, 3.63) is 11.4 Å². The van der Waals surface area contributed by atoms with Crippen molar-refractivity contribution in [2.75, 3.05) is 20.3 Å². The van der Waals surface area contributed by atoms with Gasteiger partial charge in [-0.1, -0.05) is 4.89 Å². The van der Waals surface area contributed by atoms with E-state index in [0.29, 0.717) is 0 Å². The highest BCUT2D eigenvalue weighted by Crippen LogP contribution is 2.17. The molecule has 0 amide bonds. The summed E-state index contributed by atoms with van der Waals surface area (Å²) in [5, 5.41) is 14.5. The number of aryl methyl sites for hydroxylation is 1. The first kappa shape index (κ1) is 14.6. The Balaban J connectivity index is 2.91. The number of methoxy groups -OCH3 is 1. The number of hydrogen-bond donors (Lipinski definition) is 3. The molecular formula is C8H13N3O6S. The number of nitrogens with zero attached hydrogens (tertiary/aromatic N) is 1. The molecule has 0 radical (unpaired) electrons. The van der Waals surface area contributed by atoms with E-state index in [1.165, 1.54) is 14.0 Å². The molecule has 1 rings (SSSR count). The molecule has 10 heteroatoms. The molecule has 0 fully saturated rings. The highest BCUT2D eigenvalue weighted by molar-refractivity contribution is 7.89. The Morgan fingerprint density at radius 1 is 1.50 bits per heavy atom. The molecule has 0 aliphatic carbocycles. The van der Waals surface area contributed by atoms with E-state index in [2.05, 4.69) is 19.8 Å². The molecule has 18 heavy (non-hydrogen) atoms. The third-order valence-electron chi connectivity index (χ3n) is 1.92. The lowest BCUT2D eigenvalue weighted by Gasteiger charge is -2.06. The molecule has 0 aliphatic rings. The molecule has 102 valence electrons. The van der Waals surface area contributed by atoms with Crippen molar-refractivity contribution in [3.8, 4) is 0 Å². The summed E-state index contributed by atoms with van der Waals surface area (Å²) in [6, 6.07) is 0. The molecule has 1 heterocycles. The minimum atomic E-state index is -4.11. The maximum Gasteiger partial charge on any atom is 0.357 e. The van der Waals surface area contributed by atoms with Crippen LogP contribution in [0, 0.1) is 6.92 Å². The van der Waals surface area contributed by atoms with Gasteiger partial charge in [-0.2, -0.15) is 5.10 Å². The number of hydrogen-bond acceptors (Lipinski definition) is 6. The molecule has 9 nitrogen and oxygen atoms in total. The van der Waals surface area contributed by atoms with E-state index in [1.54, 1.807) is 4.89 Å². The summed E-state index contributed by atoms with van der Waals surface area (Å²) in [5.74, 6) is -1.45. The van der Waals surface area contributed by atoms with E-state index in [4.69, 9.17) is 5.11 Å². The molecule has 0 saturated carbocycles. The molecule has 0 aliphatic heterocycles. The third-order valence-corrected chi connectivity index (χ3v) is 3.29. The van der Waals surface area contributed by atoms with Crippen molar-refractivity contribution in [2.45, 2.75) is 11.8 Å². The summed E-state index contributed by atoms with van der Waals surface area (Å²) in [6.45, 7) is 1.58. The fourth-order valence-corrected chi connectivity index (χ4v) is 2.34. The van der Waals surface area contributed by atoms with Crippen LogP contribution in [0.3, 0.4) is 0 Å². The van der Waals surface area contributed by atoms with Gasteiger partial charge in [0.15, 0.2) is 5.69 Å². The number of carboxylic acids is 1. The van der Waals surface area contributed by atoms with Crippen molar-refractivity contribution >= 4 is 16.0 Å². The highest BCUT2D eigenvalue weighted by atomic mass is 32.2. The van der Waals surface area contributed by atoms with Gasteiger partial charge < -0.3 is 9.84 Å². The van der Waals surface area contributed by atoms with Gasteiger partial charge in [0.1, 0.15) is 4.90 Å². The minimum Gasteiger partial charge on any atom is -0.476 e. The summed E-state index contributed by atoms with van der Waals surface area (Å²) < 4.78 is 28.3. The summed E-state index contributed by atoms with van der Waals surface area (Å²) in [7, 11) is -2.67. The van der Waals surface area contributed by atoms with Crippen LogP contribution >= 0.6 is 0 Å². The number of nitrogens with one attached hydrogen (secondary N) is 2. The molecule has 0 saturated heterocycles. The van der Waals surface area contributed by atoms with E-state index in [9.17, 15) is 13.2 Å². The second-order valence-electron chi connectivity index (χ2n) is 3.26. The monoisotopic (exact) mass is 279 g/mol. The van der Waals surface area contributed by atoms with Gasteiger partial charge in [-0.25, -0.2) is 13.2 Å². The Morgan fingerprint density at radius 2 is 2.17 bits per heavy atom. The molecule has 1 aromatic rings. The Hall–Kier alpha value is -1.49. The lowest BCUT2D eigenvalue weighted by atomic mass is 10.4. The lowest BCUT2D eigenvalue weighted by Crippen LogP contribution is -2.27. The average molecular weight is 279 g/mol. The molecule has 3 N–H and O–H groups in total. The van der Waals surface area contributed by atoms with Crippen molar-refractivity contribution in [1.82, 2.24) is 15.1 Å². The molecule has 0 bridgehead atoms. The van der Waals surface area contributed by atoms with Gasteiger partial charge >= 0.3 is 5.97 Å². The van der Waals surface area contributed by atoms with Crippen LogP contribution in [0.25, 0.3) is 0 Å². The average Bonchev–Trinajstić information content (AvgIpc) is 2.67. The minimum absolute atomic E-state index is 0.00493. The van der Waals surface area contributed by atoms with Gasteiger partial charge in [-0.15, -0.1) is 0 Å². The quantitative estimate of drug-likeness (QED) is 0.443. The number of aromatic nitrogens is 2. The van der Waals surface area contributed by atoms with Crippen LogP contribution in [-0.2, 0) is 19.6 Å². The topological polar surface area (TPSA) is 131 Å². The zero-order valence-electron chi connectivity index (χ0n) is 9.76. The first-order valence-corrected chi connectivity index (χ1v) is 6.29. The zero-order chi connectivity index (χ0) is 13.8. The van der Waals surface area contributed by atoms with Crippen LogP contribution in [0.15, 0.2) is 4.90 Å². The van der Waals surface area contributed by atoms with Gasteiger partial charge in [0.05, 0.1) is 18.9 Å². The summed E-state index contributed by atoms with van der Waals surface area (Å²) in [6.07, 6.45) is 0. The number of aromatic amines is 1. The van der Waals surface area contributed by atoms with Crippen LogP contribution in [0.1, 0.15) is 16.2 Å². The Labute approximate surface area is 103 Å². The standard InChI is InChI=1S/C8H13N3O6S/c1-5-7(6(8(12)13)10-9-5)18(14,15)11-17-4-3-16-2/h11H,3-4H2,1-2H3,(H,9,10)(H,12,13). The number of carboxylic acid groups (broad SMARTS) is 1. The lowest BCUT2D eigenvalue weighted by molar-refractivity contribution is 0.0437. The molecular weight excluding hydrogens is 266 g/mol. The SMILES string of the molecule is COCCONS(=O)(=O)c1c(C(=O)O)n[nH]c1C. The summed E-state index contributed by atoms with van der Waals surface area (Å²) in [5.41, 5.74) is -0.481. The van der Waals surface area contributed by atoms with Crippen LogP contribution in [-0.4, -0.2) is 50.0 Å². The fraction of sp³-hybridized carbons (Fsp3) is 0.500. The predicted octanol–water partition coefficient (Wildman–Crippen LogP) is -0.727. The maximum atomic E-state index is 11.8. The van der Waals surface area contributed by atoms with E-state index < -0.39 is 26.6 Å². The van der Waals surface area contributed by atoms with Gasteiger partial charge in [0.2, 0.25) is 0 Å². The molecule has 0 atom stereocenters. The molecule has 0 spiro atoms. The van der Waals surface area contributed by atoms with Gasteiger partial charge in [-0.05, 0) is 6.92 Å². The summed E-state index contributed by atoms with van der Waals surface area (Å²) in [4.78, 5) is 16.8. The number of sulfonamides is 1. The van der Waals surface area contributed by atoms with Crippen molar-refractivity contribution in [2.24, 2.45) is 0 Å². The normalized spacial score (nSPS) is 11.7. The fourth-order valence-electron chi connectivity index (χ4n) is 1.18. The third kappa shape index (κ3) is 3.26. The van der Waals surface area contributed by atoms with Gasteiger partial charge in [-0.3, -0.25) is 9.94 Å². The van der Waals surface area contributed by atoms with E-state index in [-0.39, 0.29) is 18.9 Å². The number of ether oxygens (including phenoxy) is 1. The largest absolute Gasteiger partial charge is 0.476 e. The Bertz CT molecular complexity index is 523. The summed E-state index contributed by atoms with van der Waals surface area (Å²) >= 11 is 0. The zero-order valence-corrected chi connectivity index (χ0v) is 10.6. The van der Waals surface area contributed by atoms with Crippen molar-refractivity contribution in [1.29, 1.82) is 0 Å². The number of carbonyl (C=O) groups is 1. The number of aromatic carboxylic acids is 1. The van der Waals surface area contributed by atoms with Crippen LogP contribution in [0.4, 0.5) is 0 Å². The van der Waals surface area contributed by atoms with Crippen LogP contribution in [0.2, 0.25) is 0 Å². The second-order valence-corrected chi connectivity index (χ2v) is 4.84. The van der Waals surface area contributed by atoms with Crippen molar-refractivity contribution < 1.29 is 27.9 Å². The molecule has 0 aromatic carbocycles. The molecule has 1 aromatic heterocycles. The maximum absolute atomic E-state index is 11.8. The van der Waals surface area contributed by atoms with E-state index in [0.717, 1.165) is 0 Å².